The van der Waals surface area contributed by atoms with Crippen molar-refractivity contribution >= 4 is 29.8 Å². The first-order valence-electron chi connectivity index (χ1n) is 13.3. The van der Waals surface area contributed by atoms with Crippen LogP contribution >= 0.6 is 0 Å². The van der Waals surface area contributed by atoms with E-state index in [1.807, 2.05) is 6.92 Å². The number of ether oxygens (including phenoxy) is 6. The molecule has 12 nitrogen and oxygen atoms in total. The van der Waals surface area contributed by atoms with Crippen LogP contribution in [0.3, 0.4) is 0 Å². The van der Waals surface area contributed by atoms with Crippen molar-refractivity contribution in [1.29, 1.82) is 0 Å². The number of carbonyl (C=O) groups is 5. The molecule has 3 aliphatic rings. The number of rotatable bonds is 7. The van der Waals surface area contributed by atoms with Gasteiger partial charge in [-0.3, -0.25) is 19.2 Å². The highest BCUT2D eigenvalue weighted by atomic mass is 16.6. The van der Waals surface area contributed by atoms with Crippen LogP contribution in [0.5, 0.6) is 0 Å². The zero-order valence-corrected chi connectivity index (χ0v) is 23.7. The van der Waals surface area contributed by atoms with Gasteiger partial charge in [0.05, 0.1) is 23.3 Å². The van der Waals surface area contributed by atoms with E-state index < -0.39 is 83.4 Å². The molecular formula is C28H36O12. The molecule has 1 saturated heterocycles. The normalized spacial score (nSPS) is 35.6. The second-order valence-electron chi connectivity index (χ2n) is 11.4. The molecule has 12 heteroatoms. The fraction of sp³-hybridized carbons (Fsp3) is 0.679. The van der Waals surface area contributed by atoms with Crippen molar-refractivity contribution in [2.24, 2.45) is 17.3 Å². The largest absolute Gasteiger partial charge is 0.472 e. The molecule has 2 aliphatic carbocycles. The fourth-order valence-electron chi connectivity index (χ4n) is 7.25. The zero-order chi connectivity index (χ0) is 29.6. The molecule has 1 aromatic heterocycles. The van der Waals surface area contributed by atoms with Crippen molar-refractivity contribution in [2.45, 2.75) is 96.9 Å². The molecule has 0 radical (unpaired) electrons. The summed E-state index contributed by atoms with van der Waals surface area (Å²) in [5, 5.41) is 0. The Bertz CT molecular complexity index is 1170. The minimum absolute atomic E-state index is 0.0841. The Morgan fingerprint density at radius 2 is 1.52 bits per heavy atom. The van der Waals surface area contributed by atoms with Crippen LogP contribution in [0.1, 0.15) is 71.7 Å². The van der Waals surface area contributed by atoms with Gasteiger partial charge in [-0.2, -0.15) is 0 Å². The predicted octanol–water partition coefficient (Wildman–Crippen LogP) is 2.76. The standard InChI is InChI=1S/C28H36O12/c1-14-8-9-20(36-16(3)30)27(13-35-15(2)29)24(39-25(33)19-10-11-34-12-19)22(37-17(4)31)21-23(38-18(5)32)28(14,27)40-26(21,6)7/h10-12,14,20-24H,8-9,13H2,1-7H3/t14-,20+,21-,22-,23-,24+,27+,28-/m1/s1. The van der Waals surface area contributed by atoms with Gasteiger partial charge in [-0.1, -0.05) is 6.92 Å². The molecular weight excluding hydrogens is 528 g/mol. The van der Waals surface area contributed by atoms with Crippen molar-refractivity contribution in [2.75, 3.05) is 6.61 Å². The van der Waals surface area contributed by atoms with Crippen molar-refractivity contribution in [3.63, 3.8) is 0 Å². The lowest BCUT2D eigenvalue weighted by atomic mass is 9.47. The van der Waals surface area contributed by atoms with E-state index in [0.717, 1.165) is 0 Å². The third-order valence-corrected chi connectivity index (χ3v) is 8.45. The molecule has 0 aromatic carbocycles. The molecule has 0 unspecified atom stereocenters. The number of carbonyl (C=O) groups excluding carboxylic acids is 5. The van der Waals surface area contributed by atoms with E-state index in [1.54, 1.807) is 13.8 Å². The quantitative estimate of drug-likeness (QED) is 0.353. The number of fused-ring (bicyclic) bond motifs is 1. The smallest absolute Gasteiger partial charge is 0.341 e. The lowest BCUT2D eigenvalue weighted by Crippen LogP contribution is -2.79. The molecule has 40 heavy (non-hydrogen) atoms. The first-order valence-corrected chi connectivity index (χ1v) is 13.3. The van der Waals surface area contributed by atoms with Crippen LogP contribution in [0, 0.1) is 17.3 Å². The summed E-state index contributed by atoms with van der Waals surface area (Å²) in [7, 11) is 0. The predicted molar refractivity (Wildman–Crippen MR) is 133 cm³/mol. The molecule has 8 atom stereocenters. The highest BCUT2D eigenvalue weighted by Gasteiger charge is 2.84. The van der Waals surface area contributed by atoms with Crippen LogP contribution in [0.25, 0.3) is 0 Å². The van der Waals surface area contributed by atoms with E-state index in [9.17, 15) is 24.0 Å². The van der Waals surface area contributed by atoms with Gasteiger partial charge in [-0.15, -0.1) is 0 Å². The lowest BCUT2D eigenvalue weighted by Gasteiger charge is -2.63. The van der Waals surface area contributed by atoms with Crippen molar-refractivity contribution < 1.29 is 56.8 Å². The zero-order valence-electron chi connectivity index (χ0n) is 23.7. The van der Waals surface area contributed by atoms with Gasteiger partial charge in [0.2, 0.25) is 0 Å². The van der Waals surface area contributed by atoms with Gasteiger partial charge in [0.15, 0.2) is 6.10 Å². The summed E-state index contributed by atoms with van der Waals surface area (Å²) in [4.78, 5) is 63.3. The summed E-state index contributed by atoms with van der Waals surface area (Å²) < 4.78 is 41.4. The number of hydrogen-bond acceptors (Lipinski definition) is 12. The minimum Gasteiger partial charge on any atom is -0.472 e. The van der Waals surface area contributed by atoms with E-state index in [-0.39, 0.29) is 17.9 Å². The Balaban J connectivity index is 2.06. The summed E-state index contributed by atoms with van der Waals surface area (Å²) >= 11 is 0. The molecule has 2 saturated carbocycles. The van der Waals surface area contributed by atoms with Gasteiger partial charge >= 0.3 is 29.8 Å². The highest BCUT2D eigenvalue weighted by molar-refractivity contribution is 5.89. The molecule has 0 N–H and O–H groups in total. The van der Waals surface area contributed by atoms with Gasteiger partial charge in [-0.05, 0) is 38.7 Å². The summed E-state index contributed by atoms with van der Waals surface area (Å²) in [6.45, 7) is 9.85. The van der Waals surface area contributed by atoms with Crippen LogP contribution in [-0.2, 0) is 47.6 Å². The monoisotopic (exact) mass is 564 g/mol. The molecule has 220 valence electrons. The van der Waals surface area contributed by atoms with Crippen molar-refractivity contribution in [3.05, 3.63) is 24.2 Å². The van der Waals surface area contributed by atoms with Crippen molar-refractivity contribution in [3.8, 4) is 0 Å². The molecule has 1 aliphatic heterocycles. The maximum Gasteiger partial charge on any atom is 0.341 e. The number of hydrogen-bond donors (Lipinski definition) is 0. The summed E-state index contributed by atoms with van der Waals surface area (Å²) in [6.07, 6.45) is -1.45. The van der Waals surface area contributed by atoms with Crippen LogP contribution in [0.15, 0.2) is 23.0 Å². The molecule has 3 fully saturated rings. The molecule has 0 amide bonds. The Labute approximate surface area is 231 Å². The van der Waals surface area contributed by atoms with E-state index in [0.29, 0.717) is 6.42 Å². The second kappa shape index (κ2) is 10.5. The Hall–Kier alpha value is -3.41. The Morgan fingerprint density at radius 1 is 0.875 bits per heavy atom. The molecule has 1 spiro atoms. The summed E-state index contributed by atoms with van der Waals surface area (Å²) in [6, 6.07) is 1.41. The number of esters is 5. The SMILES string of the molecule is CC(=O)OC[C@@]12[C@@H](OC(C)=O)CC[C@@H](C)[C@]13OC(C)(C)[C@H]([C@@H](OC(C)=O)[C@@H]2OC(=O)c1ccoc1)[C@H]3OC(C)=O. The van der Waals surface area contributed by atoms with Gasteiger partial charge in [-0.25, -0.2) is 4.79 Å². The summed E-state index contributed by atoms with van der Waals surface area (Å²) in [5.41, 5.74) is -4.17. The van der Waals surface area contributed by atoms with Crippen LogP contribution < -0.4 is 0 Å². The van der Waals surface area contributed by atoms with Gasteiger partial charge in [0, 0.05) is 27.7 Å². The Morgan fingerprint density at radius 3 is 2.08 bits per heavy atom. The average Bonchev–Trinajstić information content (AvgIpc) is 3.42. The van der Waals surface area contributed by atoms with E-state index in [1.165, 1.54) is 46.3 Å². The van der Waals surface area contributed by atoms with E-state index in [2.05, 4.69) is 0 Å². The van der Waals surface area contributed by atoms with Crippen LogP contribution in [0.4, 0.5) is 0 Å². The Kier molecular flexibility index (Phi) is 7.78. The first kappa shape index (κ1) is 29.6. The second-order valence-corrected chi connectivity index (χ2v) is 11.4. The fourth-order valence-corrected chi connectivity index (χ4v) is 7.25. The van der Waals surface area contributed by atoms with Gasteiger partial charge < -0.3 is 32.8 Å². The molecule has 2 heterocycles. The minimum atomic E-state index is -1.66. The topological polar surface area (TPSA) is 154 Å². The van der Waals surface area contributed by atoms with E-state index >= 15 is 0 Å². The molecule has 4 rings (SSSR count). The molecule has 1 aromatic rings. The highest BCUT2D eigenvalue weighted by Crippen LogP contribution is 2.68. The maximum atomic E-state index is 13.5. The third-order valence-electron chi connectivity index (χ3n) is 8.45. The van der Waals surface area contributed by atoms with Crippen molar-refractivity contribution in [1.82, 2.24) is 0 Å². The number of furan rings is 1. The first-order chi connectivity index (χ1) is 18.7. The average molecular weight is 565 g/mol. The lowest BCUT2D eigenvalue weighted by molar-refractivity contribution is -0.314. The maximum absolute atomic E-state index is 13.5. The van der Waals surface area contributed by atoms with Crippen LogP contribution in [0.2, 0.25) is 0 Å². The van der Waals surface area contributed by atoms with Crippen LogP contribution in [-0.4, -0.2) is 72.1 Å². The van der Waals surface area contributed by atoms with Gasteiger partial charge in [0.1, 0.15) is 42.2 Å². The summed E-state index contributed by atoms with van der Waals surface area (Å²) in [5.74, 6) is -4.60. The van der Waals surface area contributed by atoms with E-state index in [4.69, 9.17) is 32.8 Å². The molecule has 2 bridgehead atoms. The van der Waals surface area contributed by atoms with Gasteiger partial charge in [0.25, 0.3) is 0 Å². The third kappa shape index (κ3) is 4.65.